The van der Waals surface area contributed by atoms with Gasteiger partial charge in [-0.05, 0) is 39.0 Å². The predicted molar refractivity (Wildman–Crippen MR) is 109 cm³/mol. The van der Waals surface area contributed by atoms with E-state index in [0.29, 0.717) is 0 Å². The van der Waals surface area contributed by atoms with Crippen LogP contribution in [0.25, 0.3) is 0 Å². The molecular formula is C21H30N3O4P. The van der Waals surface area contributed by atoms with Crippen molar-refractivity contribution in [2.75, 3.05) is 0 Å². The van der Waals surface area contributed by atoms with Crippen LogP contribution >= 0.6 is 7.82 Å². The van der Waals surface area contributed by atoms with E-state index < -0.39 is 7.82 Å². The largest absolute Gasteiger partial charge is 0.822 e. The lowest BCUT2D eigenvalue weighted by atomic mass is 10.2. The molecule has 0 heterocycles. The van der Waals surface area contributed by atoms with Crippen molar-refractivity contribution in [3.05, 3.63) is 89.5 Å². The average molecular weight is 419 g/mol. The fourth-order valence-corrected chi connectivity index (χ4v) is 1.83. The first-order valence-corrected chi connectivity index (χ1v) is 10.2. The van der Waals surface area contributed by atoms with E-state index in [0.717, 1.165) is 17.1 Å². The normalized spacial score (nSPS) is 9.69. The summed E-state index contributed by atoms with van der Waals surface area (Å²) in [5.41, 5.74) is 18.6. The highest BCUT2D eigenvalue weighted by atomic mass is 31.2. The van der Waals surface area contributed by atoms with Crippen molar-refractivity contribution in [2.45, 2.75) is 20.8 Å². The second kappa shape index (κ2) is 13.8. The molecule has 7 nitrogen and oxygen atoms in total. The number of aryl methyl sites for hydroxylation is 3. The molecule has 0 aliphatic rings. The lowest BCUT2D eigenvalue weighted by Crippen LogP contribution is -2.40. The molecule has 0 amide bonds. The molecule has 0 aliphatic carbocycles. The van der Waals surface area contributed by atoms with Crippen LogP contribution in [0.3, 0.4) is 0 Å². The molecule has 3 rings (SSSR count). The van der Waals surface area contributed by atoms with Gasteiger partial charge in [0.15, 0.2) is 0 Å². The van der Waals surface area contributed by atoms with Crippen LogP contribution in [0.5, 0.6) is 0 Å². The Morgan fingerprint density at radius 2 is 0.724 bits per heavy atom. The Labute approximate surface area is 172 Å². The third kappa shape index (κ3) is 15.3. The molecule has 8 heteroatoms. The molecule has 0 aromatic heterocycles. The average Bonchev–Trinajstić information content (AvgIpc) is 2.62. The summed E-state index contributed by atoms with van der Waals surface area (Å²) in [6, 6.07) is 24.2. The molecule has 0 spiro atoms. The molecule has 9 N–H and O–H groups in total. The van der Waals surface area contributed by atoms with Gasteiger partial charge < -0.3 is 36.4 Å². The third-order valence-electron chi connectivity index (χ3n) is 3.78. The van der Waals surface area contributed by atoms with Gasteiger partial charge in [-0.2, -0.15) is 7.82 Å². The van der Waals surface area contributed by atoms with Crippen molar-refractivity contribution in [3.63, 3.8) is 0 Å². The number of hydrogen-bond acceptors (Lipinski definition) is 4. The summed E-state index contributed by atoms with van der Waals surface area (Å²) in [5.74, 6) is 0. The fourth-order valence-electron chi connectivity index (χ4n) is 1.83. The van der Waals surface area contributed by atoms with Crippen LogP contribution in [0.2, 0.25) is 0 Å². The summed E-state index contributed by atoms with van der Waals surface area (Å²) in [5, 5.41) is 0. The van der Waals surface area contributed by atoms with E-state index in [4.69, 9.17) is 19.2 Å². The Bertz CT molecular complexity index is 739. The molecule has 0 radical (unpaired) electrons. The standard InChI is InChI=1S/3C7H9N.H3O4P/c3*1-6-4-2-3-5-7(6)8;1-5(2,3)4/h3*2-5H,8H2,1H3;(H3,1,2,3,4). The summed E-state index contributed by atoms with van der Waals surface area (Å²) in [6.07, 6.45) is 0. The zero-order valence-electron chi connectivity index (χ0n) is 17.1. The van der Waals surface area contributed by atoms with Gasteiger partial charge in [0.25, 0.3) is 0 Å². The highest BCUT2D eigenvalue weighted by Crippen LogP contribution is 2.05. The van der Waals surface area contributed by atoms with E-state index in [1.165, 1.54) is 16.7 Å². The van der Waals surface area contributed by atoms with Gasteiger partial charge in [0.1, 0.15) is 17.1 Å². The predicted octanol–water partition coefficient (Wildman–Crippen LogP) is -0.219. The van der Waals surface area contributed by atoms with E-state index in [-0.39, 0.29) is 0 Å². The molecule has 0 bridgehead atoms. The maximum Gasteiger partial charge on any atom is 0.130 e. The van der Waals surface area contributed by atoms with Crippen LogP contribution in [-0.2, 0) is 4.57 Å². The van der Waals surface area contributed by atoms with E-state index in [1.54, 1.807) is 0 Å². The molecule has 0 fully saturated rings. The number of phosphoric acid groups is 1. The van der Waals surface area contributed by atoms with Crippen LogP contribution in [0.1, 0.15) is 16.7 Å². The van der Waals surface area contributed by atoms with Gasteiger partial charge in [-0.1, -0.05) is 54.6 Å². The van der Waals surface area contributed by atoms with Crippen LogP contribution < -0.4 is 31.9 Å². The molecule has 0 saturated heterocycles. The van der Waals surface area contributed by atoms with Crippen LogP contribution in [0.4, 0.5) is 17.1 Å². The van der Waals surface area contributed by atoms with E-state index >= 15 is 0 Å². The topological polar surface area (TPSA) is 169 Å². The Morgan fingerprint density at radius 1 is 0.552 bits per heavy atom. The number of rotatable bonds is 0. The Morgan fingerprint density at radius 3 is 0.828 bits per heavy atom. The van der Waals surface area contributed by atoms with Crippen molar-refractivity contribution in [1.82, 2.24) is 0 Å². The molecule has 0 saturated carbocycles. The minimum atomic E-state index is -5.39. The van der Waals surface area contributed by atoms with Gasteiger partial charge in [0, 0.05) is 16.7 Å². The molecule has 0 unspecified atom stereocenters. The second-order valence-electron chi connectivity index (χ2n) is 6.23. The first-order chi connectivity index (χ1) is 13.4. The summed E-state index contributed by atoms with van der Waals surface area (Å²) < 4.78 is 8.55. The lowest BCUT2D eigenvalue weighted by molar-refractivity contribution is -0.432. The van der Waals surface area contributed by atoms with Crippen molar-refractivity contribution >= 4 is 24.9 Å². The molecule has 3 aromatic rings. The maximum atomic E-state index is 8.55. The first-order valence-electron chi connectivity index (χ1n) is 8.77. The zero-order chi connectivity index (χ0) is 22.4. The smallest absolute Gasteiger partial charge is 0.130 e. The molecule has 3 aromatic carbocycles. The Kier molecular flexibility index (Phi) is 12.6. The van der Waals surface area contributed by atoms with Gasteiger partial charge in [-0.3, -0.25) is 0 Å². The lowest BCUT2D eigenvalue weighted by Gasteiger charge is -2.36. The fraction of sp³-hybridized carbons (Fsp3) is 0.143. The Hall–Kier alpha value is -2.35. The monoisotopic (exact) mass is 419 g/mol. The first kappa shape index (κ1) is 26.6. The van der Waals surface area contributed by atoms with Gasteiger partial charge in [0.05, 0.1) is 0 Å². The van der Waals surface area contributed by atoms with Crippen molar-refractivity contribution < 1.29 is 36.4 Å². The van der Waals surface area contributed by atoms with Crippen LogP contribution in [0.15, 0.2) is 72.8 Å². The molecule has 0 aliphatic heterocycles. The number of quaternary nitrogens is 3. The summed E-state index contributed by atoms with van der Waals surface area (Å²) >= 11 is 0. The zero-order valence-corrected chi connectivity index (χ0v) is 18.0. The quantitative estimate of drug-likeness (QED) is 0.428. The molecule has 158 valence electrons. The number of benzene rings is 3. The second-order valence-corrected chi connectivity index (χ2v) is 7.12. The number of hydrogen-bond donors (Lipinski definition) is 3. The van der Waals surface area contributed by atoms with Gasteiger partial charge >= 0.3 is 0 Å². The van der Waals surface area contributed by atoms with Gasteiger partial charge in [-0.25, -0.2) is 0 Å². The Balaban J connectivity index is 0.000000367. The van der Waals surface area contributed by atoms with E-state index in [1.807, 2.05) is 54.6 Å². The van der Waals surface area contributed by atoms with Crippen molar-refractivity contribution in [2.24, 2.45) is 0 Å². The highest BCUT2D eigenvalue weighted by molar-refractivity contribution is 7.40. The summed E-state index contributed by atoms with van der Waals surface area (Å²) in [6.45, 7) is 6.17. The SMILES string of the molecule is Cc1ccccc1[NH3+].Cc1ccccc1[NH3+].Cc1ccccc1[NH3+].O=P([O-])([O-])[O-]. The van der Waals surface area contributed by atoms with Crippen molar-refractivity contribution in [1.29, 1.82) is 0 Å². The highest BCUT2D eigenvalue weighted by Gasteiger charge is 1.90. The van der Waals surface area contributed by atoms with Gasteiger partial charge in [-0.15, -0.1) is 0 Å². The third-order valence-corrected chi connectivity index (χ3v) is 3.78. The summed E-state index contributed by atoms with van der Waals surface area (Å²) in [4.78, 5) is 25.6. The van der Waals surface area contributed by atoms with E-state index in [2.05, 4.69) is 56.2 Å². The van der Waals surface area contributed by atoms with Gasteiger partial charge in [0.2, 0.25) is 0 Å². The molecule has 0 atom stereocenters. The van der Waals surface area contributed by atoms with E-state index in [9.17, 15) is 0 Å². The maximum absolute atomic E-state index is 8.55. The van der Waals surface area contributed by atoms with Crippen LogP contribution in [0, 0.1) is 20.8 Å². The molecule has 29 heavy (non-hydrogen) atoms. The minimum absolute atomic E-state index is 1.12. The van der Waals surface area contributed by atoms with Crippen LogP contribution in [-0.4, -0.2) is 0 Å². The molecular weight excluding hydrogens is 389 g/mol. The minimum Gasteiger partial charge on any atom is -0.822 e. The summed E-state index contributed by atoms with van der Waals surface area (Å²) in [7, 11) is -5.39. The van der Waals surface area contributed by atoms with Crippen molar-refractivity contribution in [3.8, 4) is 0 Å².